The Kier molecular flexibility index (Phi) is 5.11. The molecule has 138 valence electrons. The Morgan fingerprint density at radius 1 is 1.19 bits per heavy atom. The number of nitrogens with zero attached hydrogens (tertiary/aromatic N) is 3. The first-order valence-corrected chi connectivity index (χ1v) is 8.28. The van der Waals surface area contributed by atoms with Crippen LogP contribution < -0.4 is 16.4 Å². The van der Waals surface area contributed by atoms with Crippen LogP contribution in [-0.4, -0.2) is 20.4 Å². The van der Waals surface area contributed by atoms with Crippen molar-refractivity contribution in [1.82, 2.24) is 15.0 Å². The predicted octanol–water partition coefficient (Wildman–Crippen LogP) is 2.01. The molecule has 0 spiro atoms. The number of anilines is 1. The highest BCUT2D eigenvalue weighted by atomic mass is 16.6. The van der Waals surface area contributed by atoms with Gasteiger partial charge in [0.05, 0.1) is 22.2 Å². The molecule has 3 aromatic rings. The molecule has 0 atom stereocenters. The van der Waals surface area contributed by atoms with Gasteiger partial charge in [-0.05, 0) is 19.1 Å². The molecule has 1 amide bonds. The lowest BCUT2D eigenvalue weighted by Gasteiger charge is -2.14. The van der Waals surface area contributed by atoms with Crippen LogP contribution in [0.3, 0.4) is 0 Å². The van der Waals surface area contributed by atoms with E-state index in [0.29, 0.717) is 23.0 Å². The molecule has 0 fully saturated rings. The summed E-state index contributed by atoms with van der Waals surface area (Å²) in [6.45, 7) is 2.15. The summed E-state index contributed by atoms with van der Waals surface area (Å²) in [6.07, 6.45) is -0.186. The molecule has 1 aromatic heterocycles. The Labute approximate surface area is 153 Å². The number of amides is 1. The summed E-state index contributed by atoms with van der Waals surface area (Å²) >= 11 is 0. The molecule has 27 heavy (non-hydrogen) atoms. The van der Waals surface area contributed by atoms with Gasteiger partial charge in [0.15, 0.2) is 0 Å². The van der Waals surface area contributed by atoms with Crippen LogP contribution in [0.2, 0.25) is 0 Å². The zero-order valence-electron chi connectivity index (χ0n) is 14.5. The maximum atomic E-state index is 12.5. The molecule has 0 saturated heterocycles. The van der Waals surface area contributed by atoms with Gasteiger partial charge in [-0.2, -0.15) is 0 Å². The molecule has 0 radical (unpaired) electrons. The topological polar surface area (TPSA) is 119 Å². The minimum absolute atomic E-state index is 0.123. The fourth-order valence-corrected chi connectivity index (χ4v) is 2.74. The SMILES string of the molecule is CCn1c(NNC(=O)Cc2ccccc2[N+](=O)[O-])nc2ccccc2c1=O. The zero-order valence-corrected chi connectivity index (χ0v) is 14.5. The fraction of sp³-hybridized carbons (Fsp3) is 0.167. The van der Waals surface area contributed by atoms with E-state index in [1.165, 1.54) is 22.8 Å². The minimum atomic E-state index is -0.532. The number of aromatic nitrogens is 2. The highest BCUT2D eigenvalue weighted by Crippen LogP contribution is 2.18. The van der Waals surface area contributed by atoms with Gasteiger partial charge in [0.25, 0.3) is 11.2 Å². The van der Waals surface area contributed by atoms with E-state index < -0.39 is 10.8 Å². The first-order chi connectivity index (χ1) is 13.0. The molecule has 0 aliphatic rings. The van der Waals surface area contributed by atoms with Crippen molar-refractivity contribution in [1.29, 1.82) is 0 Å². The molecule has 2 N–H and O–H groups in total. The second-order valence-corrected chi connectivity index (χ2v) is 5.74. The van der Waals surface area contributed by atoms with Crippen LogP contribution in [0, 0.1) is 10.1 Å². The van der Waals surface area contributed by atoms with Gasteiger partial charge in [-0.1, -0.05) is 30.3 Å². The number of benzene rings is 2. The maximum Gasteiger partial charge on any atom is 0.273 e. The number of nitrogens with one attached hydrogen (secondary N) is 2. The van der Waals surface area contributed by atoms with Crippen LogP contribution in [0.5, 0.6) is 0 Å². The van der Waals surface area contributed by atoms with E-state index in [4.69, 9.17) is 0 Å². The lowest BCUT2D eigenvalue weighted by atomic mass is 10.1. The van der Waals surface area contributed by atoms with E-state index in [2.05, 4.69) is 15.8 Å². The summed E-state index contributed by atoms with van der Waals surface area (Å²) in [5.74, 6) is -0.300. The normalized spacial score (nSPS) is 10.6. The van der Waals surface area contributed by atoms with Gasteiger partial charge in [0, 0.05) is 18.2 Å². The smallest absolute Gasteiger partial charge is 0.273 e. The summed E-state index contributed by atoms with van der Waals surface area (Å²) in [5.41, 5.74) is 5.54. The van der Waals surface area contributed by atoms with Crippen molar-refractivity contribution in [3.63, 3.8) is 0 Å². The van der Waals surface area contributed by atoms with E-state index in [1.807, 2.05) is 0 Å². The monoisotopic (exact) mass is 367 g/mol. The van der Waals surface area contributed by atoms with E-state index in [0.717, 1.165) is 0 Å². The zero-order chi connectivity index (χ0) is 19.4. The molecule has 0 unspecified atom stereocenters. The van der Waals surface area contributed by atoms with Crippen molar-refractivity contribution in [3.8, 4) is 0 Å². The molecule has 0 aliphatic carbocycles. The highest BCUT2D eigenvalue weighted by molar-refractivity contribution is 5.81. The van der Waals surface area contributed by atoms with Crippen molar-refractivity contribution in [2.75, 3.05) is 5.43 Å². The number of hydrogen-bond acceptors (Lipinski definition) is 6. The molecule has 0 saturated carbocycles. The molecular formula is C18H17N5O4. The van der Waals surface area contributed by atoms with Crippen LogP contribution in [0.15, 0.2) is 53.3 Å². The van der Waals surface area contributed by atoms with Gasteiger partial charge in [0.2, 0.25) is 11.9 Å². The number of para-hydroxylation sites is 2. The summed E-state index contributed by atoms with van der Waals surface area (Å²) in [5, 5.41) is 11.5. The third-order valence-electron chi connectivity index (χ3n) is 4.03. The Bertz CT molecular complexity index is 1080. The molecule has 0 aliphatic heterocycles. The molecular weight excluding hydrogens is 350 g/mol. The number of nitro benzene ring substituents is 1. The second-order valence-electron chi connectivity index (χ2n) is 5.74. The summed E-state index contributed by atoms with van der Waals surface area (Å²) in [4.78, 5) is 39.6. The van der Waals surface area contributed by atoms with E-state index >= 15 is 0 Å². The molecule has 3 rings (SSSR count). The van der Waals surface area contributed by atoms with Gasteiger partial charge in [-0.25, -0.2) is 4.98 Å². The first-order valence-electron chi connectivity index (χ1n) is 8.28. The number of carbonyl (C=O) groups is 1. The van der Waals surface area contributed by atoms with Crippen LogP contribution in [0.1, 0.15) is 12.5 Å². The predicted molar refractivity (Wildman–Crippen MR) is 100 cm³/mol. The number of hydrogen-bond donors (Lipinski definition) is 2. The van der Waals surface area contributed by atoms with Crippen LogP contribution in [0.4, 0.5) is 11.6 Å². The van der Waals surface area contributed by atoms with Crippen LogP contribution in [-0.2, 0) is 17.8 Å². The van der Waals surface area contributed by atoms with Gasteiger partial charge in [-0.15, -0.1) is 0 Å². The Balaban J connectivity index is 1.80. The highest BCUT2D eigenvalue weighted by Gasteiger charge is 2.16. The van der Waals surface area contributed by atoms with E-state index in [1.54, 1.807) is 37.3 Å². The van der Waals surface area contributed by atoms with Crippen LogP contribution >= 0.6 is 0 Å². The number of fused-ring (bicyclic) bond motifs is 1. The Hall–Kier alpha value is -3.75. The van der Waals surface area contributed by atoms with Gasteiger partial charge >= 0.3 is 0 Å². The molecule has 1 heterocycles. The second kappa shape index (κ2) is 7.65. The van der Waals surface area contributed by atoms with Crippen molar-refractivity contribution in [3.05, 3.63) is 74.6 Å². The lowest BCUT2D eigenvalue weighted by Crippen LogP contribution is -2.35. The van der Waals surface area contributed by atoms with Gasteiger partial charge in [0.1, 0.15) is 0 Å². The Morgan fingerprint density at radius 3 is 2.63 bits per heavy atom. The van der Waals surface area contributed by atoms with Crippen molar-refractivity contribution >= 4 is 28.4 Å². The Morgan fingerprint density at radius 2 is 1.89 bits per heavy atom. The van der Waals surface area contributed by atoms with Crippen LogP contribution in [0.25, 0.3) is 10.9 Å². The maximum absolute atomic E-state index is 12.5. The third kappa shape index (κ3) is 3.76. The number of hydrazine groups is 1. The number of nitro groups is 1. The fourth-order valence-electron chi connectivity index (χ4n) is 2.74. The minimum Gasteiger partial charge on any atom is -0.277 e. The first kappa shape index (κ1) is 18.1. The summed E-state index contributed by atoms with van der Waals surface area (Å²) in [7, 11) is 0. The molecule has 2 aromatic carbocycles. The average Bonchev–Trinajstić information content (AvgIpc) is 2.67. The van der Waals surface area contributed by atoms with Gasteiger partial charge < -0.3 is 0 Å². The molecule has 0 bridgehead atoms. The lowest BCUT2D eigenvalue weighted by molar-refractivity contribution is -0.385. The molecule has 9 heteroatoms. The number of carbonyl (C=O) groups excluding carboxylic acids is 1. The van der Waals surface area contributed by atoms with E-state index in [9.17, 15) is 19.7 Å². The average molecular weight is 367 g/mol. The number of rotatable bonds is 6. The standard InChI is InChI=1S/C18H17N5O4/c1-2-22-17(25)13-8-4-5-9-14(13)19-18(22)21-20-16(24)11-12-7-3-6-10-15(12)23(26)27/h3-10H,2,11H2,1H3,(H,19,21)(H,20,24). The van der Waals surface area contributed by atoms with Crippen molar-refractivity contribution in [2.24, 2.45) is 0 Å². The largest absolute Gasteiger partial charge is 0.277 e. The van der Waals surface area contributed by atoms with Gasteiger partial charge in [-0.3, -0.25) is 35.1 Å². The quantitative estimate of drug-likeness (QED) is 0.508. The summed E-state index contributed by atoms with van der Waals surface area (Å²) in [6, 6.07) is 12.9. The van der Waals surface area contributed by atoms with Crippen molar-refractivity contribution in [2.45, 2.75) is 19.9 Å². The van der Waals surface area contributed by atoms with Crippen molar-refractivity contribution < 1.29 is 9.72 Å². The third-order valence-corrected chi connectivity index (χ3v) is 4.03. The molecule has 9 nitrogen and oxygen atoms in total. The van der Waals surface area contributed by atoms with E-state index in [-0.39, 0.29) is 23.6 Å². The summed E-state index contributed by atoms with van der Waals surface area (Å²) < 4.78 is 1.40.